The molecule has 3 rings (SSSR count). The number of para-hydroxylation sites is 1. The second-order valence-electron chi connectivity index (χ2n) is 6.80. The van der Waals surface area contributed by atoms with E-state index in [4.69, 9.17) is 0 Å². The number of anilines is 1. The standard InChI is InChI=1S/C24H24N2O3S/c1-25(23-15-9-4-10-16-23)24(27)20-26(19-22-13-7-3-8-14-22)30(28,29)18-17-21-11-5-2-6-12-21/h2-18H,19-20H2,1H3. The first-order valence-corrected chi connectivity index (χ1v) is 11.0. The number of rotatable bonds is 8. The van der Waals surface area contributed by atoms with E-state index < -0.39 is 10.0 Å². The molecule has 0 saturated heterocycles. The minimum Gasteiger partial charge on any atom is -0.314 e. The van der Waals surface area contributed by atoms with Crippen molar-refractivity contribution in [1.29, 1.82) is 0 Å². The Kier molecular flexibility index (Phi) is 7.17. The lowest BCUT2D eigenvalue weighted by atomic mass is 10.2. The molecule has 30 heavy (non-hydrogen) atoms. The Morgan fingerprint density at radius 3 is 1.97 bits per heavy atom. The molecule has 0 aliphatic carbocycles. The van der Waals surface area contributed by atoms with Gasteiger partial charge >= 0.3 is 0 Å². The third-order valence-corrected chi connectivity index (χ3v) is 6.08. The summed E-state index contributed by atoms with van der Waals surface area (Å²) in [6.45, 7) is -0.154. The van der Waals surface area contributed by atoms with Crippen molar-refractivity contribution in [2.45, 2.75) is 6.54 Å². The van der Waals surface area contributed by atoms with Crippen LogP contribution >= 0.6 is 0 Å². The number of benzene rings is 3. The zero-order valence-electron chi connectivity index (χ0n) is 16.8. The van der Waals surface area contributed by atoms with Gasteiger partial charge in [0.2, 0.25) is 15.9 Å². The van der Waals surface area contributed by atoms with Crippen LogP contribution in [0.15, 0.2) is 96.4 Å². The monoisotopic (exact) mass is 420 g/mol. The van der Waals surface area contributed by atoms with Gasteiger partial charge in [-0.05, 0) is 29.3 Å². The summed E-state index contributed by atoms with van der Waals surface area (Å²) >= 11 is 0. The van der Waals surface area contributed by atoms with Crippen LogP contribution in [0.4, 0.5) is 5.69 Å². The van der Waals surface area contributed by atoms with Crippen LogP contribution < -0.4 is 4.90 Å². The molecule has 0 heterocycles. The molecule has 0 bridgehead atoms. The number of carbonyl (C=O) groups is 1. The van der Waals surface area contributed by atoms with Gasteiger partial charge in [-0.3, -0.25) is 4.79 Å². The lowest BCUT2D eigenvalue weighted by Crippen LogP contribution is -2.40. The molecule has 3 aromatic carbocycles. The molecular weight excluding hydrogens is 396 g/mol. The van der Waals surface area contributed by atoms with Crippen LogP contribution in [0.2, 0.25) is 0 Å². The van der Waals surface area contributed by atoms with Gasteiger partial charge in [0.25, 0.3) is 0 Å². The highest BCUT2D eigenvalue weighted by molar-refractivity contribution is 7.92. The lowest BCUT2D eigenvalue weighted by molar-refractivity contribution is -0.118. The van der Waals surface area contributed by atoms with Gasteiger partial charge in [0.1, 0.15) is 0 Å². The van der Waals surface area contributed by atoms with E-state index in [0.29, 0.717) is 5.69 Å². The summed E-state index contributed by atoms with van der Waals surface area (Å²) < 4.78 is 27.3. The molecule has 0 atom stereocenters. The number of sulfonamides is 1. The number of amides is 1. The Balaban J connectivity index is 1.84. The zero-order valence-corrected chi connectivity index (χ0v) is 17.6. The topological polar surface area (TPSA) is 57.7 Å². The predicted molar refractivity (Wildman–Crippen MR) is 121 cm³/mol. The number of hydrogen-bond acceptors (Lipinski definition) is 3. The molecular formula is C24H24N2O3S. The number of carbonyl (C=O) groups excluding carboxylic acids is 1. The largest absolute Gasteiger partial charge is 0.314 e. The van der Waals surface area contributed by atoms with E-state index in [2.05, 4.69) is 0 Å². The van der Waals surface area contributed by atoms with Crippen LogP contribution in [-0.2, 0) is 21.4 Å². The molecule has 0 aliphatic rings. The highest BCUT2D eigenvalue weighted by atomic mass is 32.2. The van der Waals surface area contributed by atoms with Crippen molar-refractivity contribution in [2.75, 3.05) is 18.5 Å². The Bertz CT molecular complexity index is 1080. The maximum Gasteiger partial charge on any atom is 0.242 e. The van der Waals surface area contributed by atoms with E-state index >= 15 is 0 Å². The van der Waals surface area contributed by atoms with Crippen molar-refractivity contribution in [2.24, 2.45) is 0 Å². The second-order valence-corrected chi connectivity index (χ2v) is 8.62. The van der Waals surface area contributed by atoms with Crippen LogP contribution in [0.25, 0.3) is 6.08 Å². The van der Waals surface area contributed by atoms with Crippen LogP contribution in [-0.4, -0.2) is 32.2 Å². The molecule has 5 nitrogen and oxygen atoms in total. The smallest absolute Gasteiger partial charge is 0.242 e. The normalized spacial score (nSPS) is 11.7. The molecule has 0 spiro atoms. The van der Waals surface area contributed by atoms with Gasteiger partial charge in [-0.1, -0.05) is 78.9 Å². The van der Waals surface area contributed by atoms with E-state index in [1.807, 2.05) is 91.0 Å². The molecule has 0 fully saturated rings. The second kappa shape index (κ2) is 10.0. The minimum absolute atomic E-state index is 0.108. The van der Waals surface area contributed by atoms with Gasteiger partial charge in [0, 0.05) is 24.7 Å². The minimum atomic E-state index is -3.82. The van der Waals surface area contributed by atoms with Crippen molar-refractivity contribution in [3.05, 3.63) is 108 Å². The first-order chi connectivity index (χ1) is 14.5. The summed E-state index contributed by atoms with van der Waals surface area (Å²) in [4.78, 5) is 14.3. The summed E-state index contributed by atoms with van der Waals surface area (Å²) in [5.41, 5.74) is 2.29. The van der Waals surface area contributed by atoms with Crippen molar-refractivity contribution >= 4 is 27.7 Å². The van der Waals surface area contributed by atoms with Gasteiger partial charge in [0.15, 0.2) is 0 Å². The van der Waals surface area contributed by atoms with Gasteiger partial charge in [-0.2, -0.15) is 4.31 Å². The fourth-order valence-electron chi connectivity index (χ4n) is 2.89. The molecule has 0 saturated carbocycles. The fraction of sp³-hybridized carbons (Fsp3) is 0.125. The molecule has 0 aliphatic heterocycles. The molecule has 154 valence electrons. The first kappa shape index (κ1) is 21.5. The number of hydrogen-bond donors (Lipinski definition) is 0. The zero-order chi connectivity index (χ0) is 21.4. The van der Waals surface area contributed by atoms with Crippen molar-refractivity contribution < 1.29 is 13.2 Å². The summed E-state index contributed by atoms with van der Waals surface area (Å²) in [6, 6.07) is 27.6. The third-order valence-electron chi connectivity index (χ3n) is 4.62. The van der Waals surface area contributed by atoms with Gasteiger partial charge < -0.3 is 4.90 Å². The maximum atomic E-state index is 13.1. The highest BCUT2D eigenvalue weighted by Gasteiger charge is 2.24. The molecule has 0 aromatic heterocycles. The van der Waals surface area contributed by atoms with Crippen molar-refractivity contribution in [1.82, 2.24) is 4.31 Å². The molecule has 0 N–H and O–H groups in total. The Morgan fingerprint density at radius 2 is 1.37 bits per heavy atom. The quantitative estimate of drug-likeness (QED) is 0.550. The fourth-order valence-corrected chi connectivity index (χ4v) is 4.01. The van der Waals surface area contributed by atoms with Gasteiger partial charge in [-0.15, -0.1) is 0 Å². The van der Waals surface area contributed by atoms with Crippen molar-refractivity contribution in [3.8, 4) is 0 Å². The predicted octanol–water partition coefficient (Wildman–Crippen LogP) is 4.15. The number of likely N-dealkylation sites (N-methyl/N-ethyl adjacent to an activating group) is 1. The highest BCUT2D eigenvalue weighted by Crippen LogP contribution is 2.16. The average molecular weight is 421 g/mol. The van der Waals surface area contributed by atoms with E-state index in [1.165, 1.54) is 9.21 Å². The molecule has 3 aromatic rings. The Morgan fingerprint density at radius 1 is 0.833 bits per heavy atom. The van der Waals surface area contributed by atoms with E-state index in [1.54, 1.807) is 13.1 Å². The summed E-state index contributed by atoms with van der Waals surface area (Å²) in [5, 5.41) is 1.15. The van der Waals surface area contributed by atoms with E-state index in [-0.39, 0.29) is 19.0 Å². The Hall–Kier alpha value is -3.22. The molecule has 0 radical (unpaired) electrons. The van der Waals surface area contributed by atoms with Gasteiger partial charge in [-0.25, -0.2) is 8.42 Å². The Labute approximate surface area is 177 Å². The third kappa shape index (κ3) is 5.89. The average Bonchev–Trinajstić information content (AvgIpc) is 2.79. The maximum absolute atomic E-state index is 13.1. The molecule has 0 unspecified atom stereocenters. The molecule has 1 amide bonds. The first-order valence-electron chi connectivity index (χ1n) is 9.54. The van der Waals surface area contributed by atoms with Crippen LogP contribution in [0, 0.1) is 0 Å². The van der Waals surface area contributed by atoms with Crippen molar-refractivity contribution in [3.63, 3.8) is 0 Å². The van der Waals surface area contributed by atoms with Crippen LogP contribution in [0.3, 0.4) is 0 Å². The summed E-state index contributed by atoms with van der Waals surface area (Å²) in [6.07, 6.45) is 1.54. The van der Waals surface area contributed by atoms with E-state index in [9.17, 15) is 13.2 Å². The summed E-state index contributed by atoms with van der Waals surface area (Å²) in [5.74, 6) is -0.311. The lowest BCUT2D eigenvalue weighted by Gasteiger charge is -2.24. The SMILES string of the molecule is CN(C(=O)CN(Cc1ccccc1)S(=O)(=O)C=Cc1ccccc1)c1ccccc1. The van der Waals surface area contributed by atoms with Gasteiger partial charge in [0.05, 0.1) is 6.54 Å². The number of nitrogens with zero attached hydrogens (tertiary/aromatic N) is 2. The van der Waals surface area contributed by atoms with Crippen LogP contribution in [0.5, 0.6) is 0 Å². The van der Waals surface area contributed by atoms with Crippen LogP contribution in [0.1, 0.15) is 11.1 Å². The summed E-state index contributed by atoms with van der Waals surface area (Å²) in [7, 11) is -2.18. The molecule has 6 heteroatoms. The van der Waals surface area contributed by atoms with E-state index in [0.717, 1.165) is 16.5 Å².